The third-order valence-electron chi connectivity index (χ3n) is 4.20. The van der Waals surface area contributed by atoms with E-state index in [-0.39, 0.29) is 17.9 Å². The molecular formula is C15H21N3O3. The largest absolute Gasteiger partial charge is 0.469 e. The lowest BCUT2D eigenvalue weighted by atomic mass is 10.1. The molecule has 0 aromatic carbocycles. The van der Waals surface area contributed by atoms with Crippen LogP contribution in [0.1, 0.15) is 29.0 Å². The molecule has 21 heavy (non-hydrogen) atoms. The minimum atomic E-state index is -0.314. The summed E-state index contributed by atoms with van der Waals surface area (Å²) in [6, 6.07) is 1.42. The van der Waals surface area contributed by atoms with Gasteiger partial charge >= 0.3 is 0 Å². The van der Waals surface area contributed by atoms with Crippen LogP contribution < -0.4 is 5.32 Å². The van der Waals surface area contributed by atoms with Gasteiger partial charge in [0.05, 0.1) is 5.56 Å². The average Bonchev–Trinajstić information content (AvgIpc) is 3.15. The molecule has 0 radical (unpaired) electrons. The van der Waals surface area contributed by atoms with Gasteiger partial charge in [0.2, 0.25) is 5.91 Å². The Kier molecular flexibility index (Phi) is 3.96. The molecule has 0 bridgehead atoms. The van der Waals surface area contributed by atoms with Crippen molar-refractivity contribution in [2.45, 2.75) is 25.8 Å². The number of carbonyl (C=O) groups is 2. The van der Waals surface area contributed by atoms with Gasteiger partial charge in [-0.2, -0.15) is 0 Å². The van der Waals surface area contributed by atoms with Gasteiger partial charge in [0.15, 0.2) is 0 Å². The van der Waals surface area contributed by atoms with Gasteiger partial charge in [-0.1, -0.05) is 0 Å². The van der Waals surface area contributed by atoms with Crippen molar-refractivity contribution < 1.29 is 14.0 Å². The molecule has 2 amide bonds. The number of furan rings is 1. The molecule has 6 nitrogen and oxygen atoms in total. The number of hydrogen-bond acceptors (Lipinski definition) is 4. The topological polar surface area (TPSA) is 65.8 Å². The van der Waals surface area contributed by atoms with E-state index in [1.54, 1.807) is 11.0 Å². The molecule has 3 rings (SSSR count). The van der Waals surface area contributed by atoms with Crippen molar-refractivity contribution in [2.75, 3.05) is 32.7 Å². The van der Waals surface area contributed by atoms with Crippen LogP contribution in [0.4, 0.5) is 0 Å². The number of rotatable bonds is 2. The maximum Gasteiger partial charge on any atom is 0.257 e. The minimum absolute atomic E-state index is 0.0857. The maximum absolute atomic E-state index is 12.6. The first kappa shape index (κ1) is 14.1. The third kappa shape index (κ3) is 2.81. The number of hydrogen-bond donors (Lipinski definition) is 1. The van der Waals surface area contributed by atoms with Crippen LogP contribution >= 0.6 is 0 Å². The lowest BCUT2D eigenvalue weighted by molar-refractivity contribution is -0.135. The Balaban J connectivity index is 1.72. The second-order valence-corrected chi connectivity index (χ2v) is 5.68. The summed E-state index contributed by atoms with van der Waals surface area (Å²) in [6.07, 6.45) is 3.11. The zero-order chi connectivity index (χ0) is 14.8. The van der Waals surface area contributed by atoms with Crippen molar-refractivity contribution in [3.63, 3.8) is 0 Å². The molecule has 0 spiro atoms. The Morgan fingerprint density at radius 1 is 1.29 bits per heavy atom. The highest BCUT2D eigenvalue weighted by atomic mass is 16.3. The highest BCUT2D eigenvalue weighted by Gasteiger charge is 2.37. The number of likely N-dealkylation sites (tertiary alicyclic amines) is 1. The van der Waals surface area contributed by atoms with Gasteiger partial charge in [0, 0.05) is 32.7 Å². The van der Waals surface area contributed by atoms with Crippen LogP contribution in [0.3, 0.4) is 0 Å². The van der Waals surface area contributed by atoms with E-state index < -0.39 is 0 Å². The van der Waals surface area contributed by atoms with Gasteiger partial charge in [-0.05, 0) is 25.8 Å². The Bertz CT molecular complexity index is 534. The first-order chi connectivity index (χ1) is 10.2. The predicted molar refractivity (Wildman–Crippen MR) is 77.0 cm³/mol. The van der Waals surface area contributed by atoms with Crippen LogP contribution in [0.15, 0.2) is 16.7 Å². The van der Waals surface area contributed by atoms with Gasteiger partial charge in [-0.25, -0.2) is 0 Å². The molecular weight excluding hydrogens is 270 g/mol. The molecule has 2 saturated heterocycles. The third-order valence-corrected chi connectivity index (χ3v) is 4.20. The van der Waals surface area contributed by atoms with Crippen molar-refractivity contribution in [2.24, 2.45) is 0 Å². The minimum Gasteiger partial charge on any atom is -0.469 e. The first-order valence-corrected chi connectivity index (χ1v) is 7.52. The van der Waals surface area contributed by atoms with E-state index in [0.717, 1.165) is 39.0 Å². The van der Waals surface area contributed by atoms with Crippen LogP contribution in [0, 0.1) is 6.92 Å². The fourth-order valence-corrected chi connectivity index (χ4v) is 3.08. The molecule has 1 N–H and O–H groups in total. The molecule has 0 saturated carbocycles. The average molecular weight is 291 g/mol. The van der Waals surface area contributed by atoms with Crippen molar-refractivity contribution in [1.29, 1.82) is 0 Å². The Labute approximate surface area is 124 Å². The van der Waals surface area contributed by atoms with E-state index in [1.807, 2.05) is 11.8 Å². The molecule has 1 atom stereocenters. The molecule has 1 aromatic rings. The number of piperazine rings is 1. The monoisotopic (exact) mass is 291 g/mol. The smallest absolute Gasteiger partial charge is 0.257 e. The first-order valence-electron chi connectivity index (χ1n) is 7.52. The summed E-state index contributed by atoms with van der Waals surface area (Å²) in [6.45, 7) is 5.56. The van der Waals surface area contributed by atoms with E-state index in [9.17, 15) is 9.59 Å². The highest BCUT2D eigenvalue weighted by molar-refractivity contribution is 5.97. The molecule has 114 valence electrons. The van der Waals surface area contributed by atoms with Crippen LogP contribution in [0.2, 0.25) is 0 Å². The maximum atomic E-state index is 12.6. The molecule has 3 heterocycles. The van der Waals surface area contributed by atoms with E-state index >= 15 is 0 Å². The molecule has 0 aliphatic carbocycles. The van der Waals surface area contributed by atoms with Gasteiger partial charge in [-0.15, -0.1) is 0 Å². The molecule has 2 aliphatic heterocycles. The lowest BCUT2D eigenvalue weighted by Gasteiger charge is -2.32. The number of carbonyl (C=O) groups excluding carboxylic acids is 2. The van der Waals surface area contributed by atoms with Crippen molar-refractivity contribution in [1.82, 2.24) is 15.1 Å². The molecule has 2 fully saturated rings. The highest BCUT2D eigenvalue weighted by Crippen LogP contribution is 2.23. The van der Waals surface area contributed by atoms with E-state index in [1.165, 1.54) is 6.26 Å². The number of aryl methyl sites for hydroxylation is 1. The summed E-state index contributed by atoms with van der Waals surface area (Å²) < 4.78 is 5.21. The Morgan fingerprint density at radius 3 is 2.71 bits per heavy atom. The summed E-state index contributed by atoms with van der Waals surface area (Å²) in [4.78, 5) is 28.7. The number of nitrogens with one attached hydrogen (secondary N) is 1. The SMILES string of the molecule is Cc1cc(C(=O)N2CCCC2C(=O)N2CCNCC2)co1. The Hall–Kier alpha value is -1.82. The van der Waals surface area contributed by atoms with Crippen LogP contribution in [0.25, 0.3) is 0 Å². The Morgan fingerprint density at radius 2 is 2.05 bits per heavy atom. The van der Waals surface area contributed by atoms with Crippen LogP contribution in [-0.4, -0.2) is 60.4 Å². The summed E-state index contributed by atoms with van der Waals surface area (Å²) in [5.74, 6) is 0.697. The summed E-state index contributed by atoms with van der Waals surface area (Å²) in [5, 5.41) is 3.24. The number of amides is 2. The van der Waals surface area contributed by atoms with Gasteiger partial charge in [0.1, 0.15) is 18.1 Å². The fraction of sp³-hybridized carbons (Fsp3) is 0.600. The normalized spacial score (nSPS) is 22.6. The second kappa shape index (κ2) is 5.89. The van der Waals surface area contributed by atoms with E-state index in [4.69, 9.17) is 4.42 Å². The van der Waals surface area contributed by atoms with Crippen LogP contribution in [-0.2, 0) is 4.79 Å². The van der Waals surface area contributed by atoms with E-state index in [0.29, 0.717) is 17.9 Å². The fourth-order valence-electron chi connectivity index (χ4n) is 3.08. The van der Waals surface area contributed by atoms with Crippen LogP contribution in [0.5, 0.6) is 0 Å². The zero-order valence-corrected chi connectivity index (χ0v) is 12.3. The molecule has 2 aliphatic rings. The quantitative estimate of drug-likeness (QED) is 0.868. The second-order valence-electron chi connectivity index (χ2n) is 5.68. The summed E-state index contributed by atoms with van der Waals surface area (Å²) in [5.41, 5.74) is 0.535. The van der Waals surface area contributed by atoms with Crippen molar-refractivity contribution in [3.8, 4) is 0 Å². The predicted octanol–water partition coefficient (Wildman–Crippen LogP) is 0.624. The van der Waals surface area contributed by atoms with Gasteiger partial charge in [-0.3, -0.25) is 9.59 Å². The van der Waals surface area contributed by atoms with E-state index in [2.05, 4.69) is 5.32 Å². The van der Waals surface area contributed by atoms with Crippen molar-refractivity contribution >= 4 is 11.8 Å². The molecule has 1 aromatic heterocycles. The van der Waals surface area contributed by atoms with Gasteiger partial charge < -0.3 is 19.5 Å². The zero-order valence-electron chi connectivity index (χ0n) is 12.3. The van der Waals surface area contributed by atoms with Crippen molar-refractivity contribution in [3.05, 3.63) is 23.7 Å². The summed E-state index contributed by atoms with van der Waals surface area (Å²) in [7, 11) is 0. The standard InChI is InChI=1S/C15H21N3O3/c1-11-9-12(10-21-11)14(19)18-6-2-3-13(18)15(20)17-7-4-16-5-8-17/h9-10,13,16H,2-8H2,1H3. The lowest BCUT2D eigenvalue weighted by Crippen LogP contribution is -2.53. The summed E-state index contributed by atoms with van der Waals surface area (Å²) >= 11 is 0. The molecule has 6 heteroatoms. The molecule has 1 unspecified atom stereocenters. The number of nitrogens with zero attached hydrogens (tertiary/aromatic N) is 2. The van der Waals surface area contributed by atoms with Gasteiger partial charge in [0.25, 0.3) is 5.91 Å².